The minimum Gasteiger partial charge on any atom is -0.316 e. The zero-order valence-electron chi connectivity index (χ0n) is 10.8. The van der Waals surface area contributed by atoms with Gasteiger partial charge in [-0.1, -0.05) is 0 Å². The molecule has 0 aliphatic carbocycles. The van der Waals surface area contributed by atoms with Gasteiger partial charge >= 0.3 is 0 Å². The van der Waals surface area contributed by atoms with Crippen molar-refractivity contribution in [2.24, 2.45) is 0 Å². The van der Waals surface area contributed by atoms with Crippen molar-refractivity contribution in [1.29, 1.82) is 0 Å². The first-order valence-corrected chi connectivity index (χ1v) is 5.74. The van der Waals surface area contributed by atoms with Gasteiger partial charge in [0.25, 0.3) is 0 Å². The summed E-state index contributed by atoms with van der Waals surface area (Å²) in [6, 6.07) is 2.10. The van der Waals surface area contributed by atoms with Gasteiger partial charge in [-0.15, -0.1) is 0 Å². The fourth-order valence-corrected chi connectivity index (χ4v) is 1.87. The number of aryl methyl sites for hydroxylation is 2. The summed E-state index contributed by atoms with van der Waals surface area (Å²) in [5, 5.41) is 3.17. The molecule has 4 heteroatoms. The highest BCUT2D eigenvalue weighted by Crippen LogP contribution is 2.18. The average Bonchev–Trinajstić information content (AvgIpc) is 2.63. The van der Waals surface area contributed by atoms with E-state index in [1.165, 1.54) is 11.3 Å². The van der Waals surface area contributed by atoms with Crippen LogP contribution < -0.4 is 5.32 Å². The van der Waals surface area contributed by atoms with Crippen molar-refractivity contribution in [1.82, 2.24) is 19.9 Å². The van der Waals surface area contributed by atoms with Crippen LogP contribution in [-0.2, 0) is 6.54 Å². The van der Waals surface area contributed by atoms with Crippen LogP contribution in [0.1, 0.15) is 22.6 Å². The van der Waals surface area contributed by atoms with E-state index in [-0.39, 0.29) is 0 Å². The van der Waals surface area contributed by atoms with Gasteiger partial charge in [0.15, 0.2) is 0 Å². The third-order valence-corrected chi connectivity index (χ3v) is 2.98. The fraction of sp³-hybridized carbons (Fsp3) is 0.385. The molecule has 0 aromatic carbocycles. The van der Waals surface area contributed by atoms with Gasteiger partial charge in [-0.25, -0.2) is 4.98 Å². The number of imidazole rings is 1. The Labute approximate surface area is 102 Å². The van der Waals surface area contributed by atoms with Gasteiger partial charge in [0, 0.05) is 29.7 Å². The molecule has 0 amide bonds. The lowest BCUT2D eigenvalue weighted by molar-refractivity contribution is 0.797. The van der Waals surface area contributed by atoms with Crippen LogP contribution in [0.15, 0.2) is 18.6 Å². The summed E-state index contributed by atoms with van der Waals surface area (Å²) in [6.07, 6.45) is 3.80. The number of hydrogen-bond donors (Lipinski definition) is 1. The third-order valence-electron chi connectivity index (χ3n) is 2.98. The Bertz CT molecular complexity index is 528. The highest BCUT2D eigenvalue weighted by molar-refractivity contribution is 5.42. The Balaban J connectivity index is 2.56. The van der Waals surface area contributed by atoms with Gasteiger partial charge < -0.3 is 9.88 Å². The molecule has 0 bridgehead atoms. The summed E-state index contributed by atoms with van der Waals surface area (Å²) >= 11 is 0. The van der Waals surface area contributed by atoms with Crippen LogP contribution in [0.4, 0.5) is 0 Å². The molecule has 0 fully saturated rings. The summed E-state index contributed by atoms with van der Waals surface area (Å²) in [5.41, 5.74) is 5.59. The number of nitrogens with zero attached hydrogens (tertiary/aromatic N) is 3. The summed E-state index contributed by atoms with van der Waals surface area (Å²) in [7, 11) is 1.94. The maximum Gasteiger partial charge on any atom is 0.0997 e. The van der Waals surface area contributed by atoms with E-state index in [0.29, 0.717) is 0 Å². The number of rotatable bonds is 3. The molecule has 0 saturated heterocycles. The Morgan fingerprint density at radius 2 is 2.00 bits per heavy atom. The van der Waals surface area contributed by atoms with Gasteiger partial charge in [0.2, 0.25) is 0 Å². The van der Waals surface area contributed by atoms with Crippen LogP contribution in [-0.4, -0.2) is 21.6 Å². The molecule has 2 aromatic rings. The molecule has 0 atom stereocenters. The molecular weight excluding hydrogens is 212 g/mol. The van der Waals surface area contributed by atoms with Gasteiger partial charge in [-0.05, 0) is 33.9 Å². The van der Waals surface area contributed by atoms with E-state index in [2.05, 4.69) is 32.8 Å². The van der Waals surface area contributed by atoms with Crippen LogP contribution >= 0.6 is 0 Å². The van der Waals surface area contributed by atoms with Crippen LogP contribution in [0.2, 0.25) is 0 Å². The predicted molar refractivity (Wildman–Crippen MR) is 68.3 cm³/mol. The smallest absolute Gasteiger partial charge is 0.0997 e. The zero-order valence-corrected chi connectivity index (χ0v) is 10.8. The van der Waals surface area contributed by atoms with E-state index >= 15 is 0 Å². The van der Waals surface area contributed by atoms with Gasteiger partial charge in [-0.2, -0.15) is 0 Å². The Morgan fingerprint density at radius 1 is 1.24 bits per heavy atom. The summed E-state index contributed by atoms with van der Waals surface area (Å²) in [6.45, 7) is 6.92. The average molecular weight is 230 g/mol. The minimum atomic E-state index is 0.805. The van der Waals surface area contributed by atoms with Crippen molar-refractivity contribution in [3.05, 3.63) is 41.2 Å². The van der Waals surface area contributed by atoms with Crippen LogP contribution in [0, 0.1) is 20.8 Å². The van der Waals surface area contributed by atoms with Crippen molar-refractivity contribution >= 4 is 0 Å². The van der Waals surface area contributed by atoms with Gasteiger partial charge in [-0.3, -0.25) is 4.98 Å². The maximum absolute atomic E-state index is 4.35. The minimum absolute atomic E-state index is 0.805. The summed E-state index contributed by atoms with van der Waals surface area (Å²) in [4.78, 5) is 8.69. The highest BCUT2D eigenvalue weighted by atomic mass is 15.1. The second kappa shape index (κ2) is 4.67. The largest absolute Gasteiger partial charge is 0.316 e. The molecule has 0 radical (unpaired) electrons. The van der Waals surface area contributed by atoms with Crippen molar-refractivity contribution < 1.29 is 0 Å². The lowest BCUT2D eigenvalue weighted by atomic mass is 10.2. The topological polar surface area (TPSA) is 42.7 Å². The van der Waals surface area contributed by atoms with E-state index in [1.807, 2.05) is 33.4 Å². The van der Waals surface area contributed by atoms with E-state index in [9.17, 15) is 0 Å². The number of hydrogen-bond acceptors (Lipinski definition) is 3. The van der Waals surface area contributed by atoms with Crippen LogP contribution in [0.3, 0.4) is 0 Å². The predicted octanol–water partition coefficient (Wildman–Crippen LogP) is 1.91. The molecule has 0 spiro atoms. The molecule has 0 aliphatic heterocycles. The molecule has 17 heavy (non-hydrogen) atoms. The second-order valence-electron chi connectivity index (χ2n) is 4.27. The van der Waals surface area contributed by atoms with E-state index in [1.54, 1.807) is 0 Å². The van der Waals surface area contributed by atoms with E-state index in [0.717, 1.165) is 23.6 Å². The third kappa shape index (κ3) is 2.22. The molecule has 0 saturated carbocycles. The molecule has 90 valence electrons. The SMILES string of the molecule is CNCc1cnc(C)cc1-n1cnc(C)c1C. The first-order valence-electron chi connectivity index (χ1n) is 5.74. The summed E-state index contributed by atoms with van der Waals surface area (Å²) in [5.74, 6) is 0. The fourth-order valence-electron chi connectivity index (χ4n) is 1.87. The van der Waals surface area contributed by atoms with E-state index in [4.69, 9.17) is 0 Å². The number of nitrogens with one attached hydrogen (secondary N) is 1. The highest BCUT2D eigenvalue weighted by Gasteiger charge is 2.09. The van der Waals surface area contributed by atoms with Gasteiger partial charge in [0.05, 0.1) is 17.7 Å². The number of aromatic nitrogens is 3. The first-order chi connectivity index (χ1) is 8.13. The lowest BCUT2D eigenvalue weighted by Gasteiger charge is -2.12. The van der Waals surface area contributed by atoms with Crippen molar-refractivity contribution in [3.63, 3.8) is 0 Å². The molecule has 2 aromatic heterocycles. The lowest BCUT2D eigenvalue weighted by Crippen LogP contribution is -2.10. The molecular formula is C13H18N4. The first kappa shape index (κ1) is 11.8. The Morgan fingerprint density at radius 3 is 2.59 bits per heavy atom. The van der Waals surface area contributed by atoms with Crippen molar-refractivity contribution in [2.75, 3.05) is 7.05 Å². The maximum atomic E-state index is 4.35. The molecule has 0 unspecified atom stereocenters. The Kier molecular flexibility index (Phi) is 3.24. The van der Waals surface area contributed by atoms with Crippen LogP contribution in [0.25, 0.3) is 5.69 Å². The Hall–Kier alpha value is -1.68. The number of pyridine rings is 1. The molecule has 2 heterocycles. The standard InChI is InChI=1S/C13H18N4/c1-9-5-13(12(6-14-4)7-15-9)17-8-16-10(2)11(17)3/h5,7-8,14H,6H2,1-4H3. The normalized spacial score (nSPS) is 10.8. The van der Waals surface area contributed by atoms with Crippen molar-refractivity contribution in [3.8, 4) is 5.69 Å². The van der Waals surface area contributed by atoms with Gasteiger partial charge in [0.1, 0.15) is 0 Å². The molecule has 0 aliphatic rings. The second-order valence-corrected chi connectivity index (χ2v) is 4.27. The zero-order chi connectivity index (χ0) is 12.4. The summed E-state index contributed by atoms with van der Waals surface area (Å²) < 4.78 is 2.12. The molecule has 2 rings (SSSR count). The quantitative estimate of drug-likeness (QED) is 0.876. The van der Waals surface area contributed by atoms with Crippen molar-refractivity contribution in [2.45, 2.75) is 27.3 Å². The molecule has 4 nitrogen and oxygen atoms in total. The monoisotopic (exact) mass is 230 g/mol. The molecule has 1 N–H and O–H groups in total. The van der Waals surface area contributed by atoms with Crippen LogP contribution in [0.5, 0.6) is 0 Å². The van der Waals surface area contributed by atoms with E-state index < -0.39 is 0 Å².